The number of aromatic nitrogens is 1. The molecule has 1 aromatic heterocycles. The van der Waals surface area contributed by atoms with Crippen LogP contribution >= 0.6 is 11.6 Å². The average molecular weight is 242 g/mol. The Hall–Kier alpha value is -1.39. The summed E-state index contributed by atoms with van der Waals surface area (Å²) >= 11 is 5.68. The van der Waals surface area contributed by atoms with Crippen LogP contribution in [0.15, 0.2) is 23.0 Å². The van der Waals surface area contributed by atoms with Crippen molar-refractivity contribution >= 4 is 22.5 Å². The molecule has 1 unspecified atom stereocenters. The Kier molecular flexibility index (Phi) is 2.69. The molecule has 5 heteroatoms. The van der Waals surface area contributed by atoms with Gasteiger partial charge in [0.1, 0.15) is 11.9 Å². The van der Waals surface area contributed by atoms with Crippen molar-refractivity contribution in [3.63, 3.8) is 0 Å². The lowest BCUT2D eigenvalue weighted by atomic mass is 10.1. The minimum atomic E-state index is -0.541. The van der Waals surface area contributed by atoms with Crippen molar-refractivity contribution in [2.45, 2.75) is 13.0 Å². The Morgan fingerprint density at radius 2 is 2.12 bits per heavy atom. The Bertz CT molecular complexity index is 607. The highest BCUT2D eigenvalue weighted by molar-refractivity contribution is 6.31. The highest BCUT2D eigenvalue weighted by Gasteiger charge is 2.11. The average Bonchev–Trinajstić information content (AvgIpc) is 2.19. The van der Waals surface area contributed by atoms with Gasteiger partial charge in [0.2, 0.25) is 0 Å². The molecule has 0 fully saturated rings. The number of aromatic amines is 1. The van der Waals surface area contributed by atoms with Crippen LogP contribution in [0.3, 0.4) is 0 Å². The fourth-order valence-corrected chi connectivity index (χ4v) is 1.76. The van der Waals surface area contributed by atoms with E-state index in [1.807, 2.05) is 6.92 Å². The van der Waals surface area contributed by atoms with E-state index in [2.05, 4.69) is 10.7 Å². The van der Waals surface area contributed by atoms with Gasteiger partial charge < -0.3 is 10.7 Å². The van der Waals surface area contributed by atoms with Gasteiger partial charge in [0, 0.05) is 5.39 Å². The lowest BCUT2D eigenvalue weighted by Gasteiger charge is -2.05. The number of rotatable bonds is 1. The van der Waals surface area contributed by atoms with E-state index in [1.165, 1.54) is 12.1 Å². The molecule has 0 saturated carbocycles. The lowest BCUT2D eigenvalue weighted by Crippen LogP contribution is -2.53. The van der Waals surface area contributed by atoms with E-state index in [1.54, 1.807) is 6.07 Å². The number of halogens is 2. The van der Waals surface area contributed by atoms with Gasteiger partial charge in [-0.25, -0.2) is 4.39 Å². The summed E-state index contributed by atoms with van der Waals surface area (Å²) < 4.78 is 13.2. The largest absolute Gasteiger partial charge is 0.351 e. The van der Waals surface area contributed by atoms with E-state index in [9.17, 15) is 9.18 Å². The lowest BCUT2D eigenvalue weighted by molar-refractivity contribution is -0.420. The van der Waals surface area contributed by atoms with Gasteiger partial charge >= 0.3 is 0 Å². The van der Waals surface area contributed by atoms with E-state index < -0.39 is 5.82 Å². The summed E-state index contributed by atoms with van der Waals surface area (Å²) in [4.78, 5) is 14.2. The standard InChI is InChI=1S/C11H10ClFN2O/c1-5(14)7-2-6-3-8(12)9(13)4-10(6)15-11(7)16/h2-5H,14H2,1H3,(H,15,16)/p+1. The van der Waals surface area contributed by atoms with Gasteiger partial charge in [0.25, 0.3) is 5.56 Å². The van der Waals surface area contributed by atoms with Crippen LogP contribution in [0.5, 0.6) is 0 Å². The van der Waals surface area contributed by atoms with Crippen molar-refractivity contribution in [1.82, 2.24) is 4.98 Å². The molecule has 4 N–H and O–H groups in total. The number of hydrogen-bond acceptors (Lipinski definition) is 1. The summed E-state index contributed by atoms with van der Waals surface area (Å²) in [6.45, 7) is 1.82. The SMILES string of the molecule is CC([NH3+])c1cc2cc(Cl)c(F)cc2[nH]c1=O. The Labute approximate surface area is 96.0 Å². The van der Waals surface area contributed by atoms with E-state index in [4.69, 9.17) is 11.6 Å². The first-order valence-corrected chi connectivity index (χ1v) is 5.22. The van der Waals surface area contributed by atoms with Crippen molar-refractivity contribution in [1.29, 1.82) is 0 Å². The van der Waals surface area contributed by atoms with Crippen LogP contribution in [0.25, 0.3) is 10.9 Å². The zero-order valence-corrected chi connectivity index (χ0v) is 9.44. The fourth-order valence-electron chi connectivity index (χ4n) is 1.58. The highest BCUT2D eigenvalue weighted by Crippen LogP contribution is 2.21. The molecular formula is C11H11ClFN2O+. The van der Waals surface area contributed by atoms with Crippen molar-refractivity contribution in [2.24, 2.45) is 0 Å². The zero-order chi connectivity index (χ0) is 11.9. The third-order valence-electron chi connectivity index (χ3n) is 2.44. The van der Waals surface area contributed by atoms with Crippen LogP contribution in [-0.2, 0) is 0 Å². The van der Waals surface area contributed by atoms with Gasteiger partial charge in [-0.15, -0.1) is 0 Å². The summed E-state index contributed by atoms with van der Waals surface area (Å²) in [7, 11) is 0. The Balaban J connectivity index is 2.80. The summed E-state index contributed by atoms with van der Waals surface area (Å²) in [5.41, 5.74) is 4.56. The molecule has 0 radical (unpaired) electrons. The number of benzene rings is 1. The third-order valence-corrected chi connectivity index (χ3v) is 2.73. The van der Waals surface area contributed by atoms with Crippen molar-refractivity contribution < 1.29 is 10.1 Å². The second kappa shape index (κ2) is 3.88. The maximum atomic E-state index is 13.2. The quantitative estimate of drug-likeness (QED) is 0.783. The first-order chi connectivity index (χ1) is 7.49. The number of hydrogen-bond donors (Lipinski definition) is 2. The summed E-state index contributed by atoms with van der Waals surface area (Å²) in [5, 5.41) is 0.749. The van der Waals surface area contributed by atoms with Crippen molar-refractivity contribution in [3.8, 4) is 0 Å². The molecule has 0 aliphatic carbocycles. The second-order valence-electron chi connectivity index (χ2n) is 3.81. The summed E-state index contributed by atoms with van der Waals surface area (Å²) in [6.07, 6.45) is 0. The molecule has 1 atom stereocenters. The molecule has 2 aromatic rings. The smallest absolute Gasteiger partial charge is 0.257 e. The first kappa shape index (κ1) is 11.1. The van der Waals surface area contributed by atoms with E-state index in [0.29, 0.717) is 16.5 Å². The molecule has 0 aliphatic heterocycles. The molecule has 0 bridgehead atoms. The van der Waals surface area contributed by atoms with Gasteiger partial charge in [-0.1, -0.05) is 11.6 Å². The molecule has 0 spiro atoms. The third kappa shape index (κ3) is 1.81. The Morgan fingerprint density at radius 1 is 1.44 bits per heavy atom. The second-order valence-corrected chi connectivity index (χ2v) is 4.22. The number of fused-ring (bicyclic) bond motifs is 1. The molecule has 1 aromatic carbocycles. The van der Waals surface area contributed by atoms with Gasteiger partial charge in [0.05, 0.1) is 16.1 Å². The van der Waals surface area contributed by atoms with Crippen LogP contribution in [0.4, 0.5) is 4.39 Å². The molecule has 0 amide bonds. The number of nitrogens with one attached hydrogen (secondary N) is 1. The van der Waals surface area contributed by atoms with Crippen molar-refractivity contribution in [2.75, 3.05) is 0 Å². The number of H-pyrrole nitrogens is 1. The van der Waals surface area contributed by atoms with E-state index >= 15 is 0 Å². The molecule has 0 aliphatic rings. The van der Waals surface area contributed by atoms with Crippen LogP contribution < -0.4 is 11.3 Å². The van der Waals surface area contributed by atoms with Gasteiger partial charge in [0.15, 0.2) is 0 Å². The van der Waals surface area contributed by atoms with Crippen LogP contribution in [0.1, 0.15) is 18.5 Å². The minimum absolute atomic E-state index is 0.0437. The molecule has 84 valence electrons. The van der Waals surface area contributed by atoms with Gasteiger partial charge in [-0.3, -0.25) is 4.79 Å². The number of quaternary nitrogens is 1. The topological polar surface area (TPSA) is 60.5 Å². The normalized spacial score (nSPS) is 13.0. The monoisotopic (exact) mass is 241 g/mol. The molecule has 3 nitrogen and oxygen atoms in total. The Morgan fingerprint density at radius 3 is 2.75 bits per heavy atom. The zero-order valence-electron chi connectivity index (χ0n) is 8.68. The first-order valence-electron chi connectivity index (χ1n) is 4.84. The molecule has 16 heavy (non-hydrogen) atoms. The summed E-state index contributed by atoms with van der Waals surface area (Å²) in [6, 6.07) is 4.28. The van der Waals surface area contributed by atoms with Crippen molar-refractivity contribution in [3.05, 3.63) is 45.0 Å². The molecule has 1 heterocycles. The molecular weight excluding hydrogens is 231 g/mol. The van der Waals surface area contributed by atoms with E-state index in [0.717, 1.165) is 0 Å². The maximum absolute atomic E-state index is 13.2. The van der Waals surface area contributed by atoms with Gasteiger partial charge in [-0.05, 0) is 25.1 Å². The predicted molar refractivity (Wildman–Crippen MR) is 60.8 cm³/mol. The summed E-state index contributed by atoms with van der Waals surface area (Å²) in [5.74, 6) is -0.541. The fraction of sp³-hybridized carbons (Fsp3) is 0.182. The van der Waals surface area contributed by atoms with Crippen LogP contribution in [-0.4, -0.2) is 4.98 Å². The molecule has 2 rings (SSSR count). The minimum Gasteiger partial charge on any atom is -0.351 e. The van der Waals surface area contributed by atoms with Crippen LogP contribution in [0.2, 0.25) is 5.02 Å². The predicted octanol–water partition coefficient (Wildman–Crippen LogP) is 1.62. The molecule has 0 saturated heterocycles. The maximum Gasteiger partial charge on any atom is 0.257 e. The van der Waals surface area contributed by atoms with Crippen LogP contribution in [0, 0.1) is 5.82 Å². The van der Waals surface area contributed by atoms with Gasteiger partial charge in [-0.2, -0.15) is 0 Å². The van der Waals surface area contributed by atoms with E-state index in [-0.39, 0.29) is 16.6 Å². The number of pyridine rings is 1. The highest BCUT2D eigenvalue weighted by atomic mass is 35.5.